The summed E-state index contributed by atoms with van der Waals surface area (Å²) in [6.45, 7) is 10.7. The minimum atomic E-state index is 0.969. The Kier molecular flexibility index (Phi) is 6.27. The second-order valence-corrected chi connectivity index (χ2v) is 6.41. The molecule has 114 valence electrons. The predicted octanol–water partition coefficient (Wildman–Crippen LogP) is 4.58. The van der Waals surface area contributed by atoms with E-state index < -0.39 is 0 Å². The van der Waals surface area contributed by atoms with Gasteiger partial charge < -0.3 is 10.2 Å². The highest BCUT2D eigenvalue weighted by atomic mass is 32.1. The van der Waals surface area contributed by atoms with Crippen molar-refractivity contribution < 1.29 is 0 Å². The molecule has 0 unspecified atom stereocenters. The van der Waals surface area contributed by atoms with Gasteiger partial charge in [0.2, 0.25) is 0 Å². The average Bonchev–Trinajstić information content (AvgIpc) is 2.99. The van der Waals surface area contributed by atoms with Gasteiger partial charge >= 0.3 is 0 Å². The molecule has 0 aliphatic heterocycles. The molecular formula is C18H26N2S. The molecule has 1 heterocycles. The largest absolute Gasteiger partial charge is 0.367 e. The van der Waals surface area contributed by atoms with E-state index in [1.807, 2.05) is 11.3 Å². The Morgan fingerprint density at radius 2 is 2.05 bits per heavy atom. The third kappa shape index (κ3) is 4.58. The van der Waals surface area contributed by atoms with Crippen LogP contribution in [0.3, 0.4) is 0 Å². The fourth-order valence-electron chi connectivity index (χ4n) is 2.45. The number of benzene rings is 1. The highest BCUT2D eigenvalue weighted by Crippen LogP contribution is 2.22. The third-order valence-electron chi connectivity index (χ3n) is 3.74. The summed E-state index contributed by atoms with van der Waals surface area (Å²) >= 11 is 1.83. The molecule has 21 heavy (non-hydrogen) atoms. The number of thiophene rings is 1. The van der Waals surface area contributed by atoms with Crippen molar-refractivity contribution in [3.8, 4) is 0 Å². The van der Waals surface area contributed by atoms with Crippen LogP contribution < -0.4 is 10.2 Å². The van der Waals surface area contributed by atoms with Crippen molar-refractivity contribution in [3.63, 3.8) is 0 Å². The summed E-state index contributed by atoms with van der Waals surface area (Å²) in [7, 11) is 0. The van der Waals surface area contributed by atoms with Crippen molar-refractivity contribution in [1.29, 1.82) is 0 Å². The van der Waals surface area contributed by atoms with E-state index >= 15 is 0 Å². The predicted molar refractivity (Wildman–Crippen MR) is 94.2 cm³/mol. The first-order chi connectivity index (χ1) is 10.2. The van der Waals surface area contributed by atoms with E-state index in [2.05, 4.69) is 66.7 Å². The molecule has 1 aromatic heterocycles. The first kappa shape index (κ1) is 16.1. The maximum atomic E-state index is 3.48. The summed E-state index contributed by atoms with van der Waals surface area (Å²) in [4.78, 5) is 3.85. The maximum Gasteiger partial charge on any atom is 0.0522 e. The van der Waals surface area contributed by atoms with Crippen LogP contribution in [0.1, 0.15) is 36.3 Å². The standard InChI is InChI=1S/C18H26N2S/c1-4-10-19-13-16-8-9-17(12-15(16)3)20(5-2)14-18-7-6-11-21-18/h6-9,11-12,19H,4-5,10,13-14H2,1-3H3. The van der Waals surface area contributed by atoms with E-state index in [1.54, 1.807) is 0 Å². The molecule has 0 saturated carbocycles. The van der Waals surface area contributed by atoms with Crippen molar-refractivity contribution in [2.75, 3.05) is 18.0 Å². The van der Waals surface area contributed by atoms with Crippen LogP contribution in [-0.2, 0) is 13.1 Å². The fourth-order valence-corrected chi connectivity index (χ4v) is 3.17. The zero-order chi connectivity index (χ0) is 15.1. The first-order valence-electron chi connectivity index (χ1n) is 7.82. The number of nitrogens with one attached hydrogen (secondary N) is 1. The van der Waals surface area contributed by atoms with Crippen LogP contribution in [0.5, 0.6) is 0 Å². The van der Waals surface area contributed by atoms with Crippen molar-refractivity contribution in [2.45, 2.75) is 40.3 Å². The maximum absolute atomic E-state index is 3.48. The Hall–Kier alpha value is -1.32. The summed E-state index contributed by atoms with van der Waals surface area (Å²) in [5.74, 6) is 0. The fraction of sp³-hybridized carbons (Fsp3) is 0.444. The van der Waals surface area contributed by atoms with Crippen molar-refractivity contribution in [3.05, 3.63) is 51.7 Å². The summed E-state index contributed by atoms with van der Waals surface area (Å²) in [5, 5.41) is 5.63. The number of anilines is 1. The van der Waals surface area contributed by atoms with Crippen LogP contribution in [0.15, 0.2) is 35.7 Å². The smallest absolute Gasteiger partial charge is 0.0522 e. The Labute approximate surface area is 132 Å². The van der Waals surface area contributed by atoms with E-state index in [4.69, 9.17) is 0 Å². The van der Waals surface area contributed by atoms with Crippen LogP contribution in [0.2, 0.25) is 0 Å². The molecule has 2 aromatic rings. The van der Waals surface area contributed by atoms with Gasteiger partial charge in [-0.3, -0.25) is 0 Å². The summed E-state index contributed by atoms with van der Waals surface area (Å²) in [5.41, 5.74) is 4.10. The molecular weight excluding hydrogens is 276 g/mol. The van der Waals surface area contributed by atoms with Gasteiger partial charge in [-0.1, -0.05) is 19.1 Å². The van der Waals surface area contributed by atoms with Crippen molar-refractivity contribution in [2.24, 2.45) is 0 Å². The molecule has 0 amide bonds. The second kappa shape index (κ2) is 8.20. The van der Waals surface area contributed by atoms with E-state index in [0.717, 1.165) is 26.2 Å². The monoisotopic (exact) mass is 302 g/mol. The number of aryl methyl sites for hydroxylation is 1. The zero-order valence-electron chi connectivity index (χ0n) is 13.4. The minimum absolute atomic E-state index is 0.969. The lowest BCUT2D eigenvalue weighted by atomic mass is 10.1. The molecule has 0 radical (unpaired) electrons. The molecule has 2 nitrogen and oxygen atoms in total. The van der Waals surface area contributed by atoms with Crippen molar-refractivity contribution >= 4 is 17.0 Å². The number of rotatable bonds is 8. The molecule has 0 aliphatic rings. The lowest BCUT2D eigenvalue weighted by molar-refractivity contribution is 0.673. The molecule has 0 bridgehead atoms. The van der Waals surface area contributed by atoms with Crippen LogP contribution in [0.25, 0.3) is 0 Å². The number of hydrogen-bond acceptors (Lipinski definition) is 3. The van der Waals surface area contributed by atoms with Gasteiger partial charge in [-0.25, -0.2) is 0 Å². The molecule has 0 saturated heterocycles. The SMILES string of the molecule is CCCNCc1ccc(N(CC)Cc2cccs2)cc1C. The normalized spacial score (nSPS) is 10.8. The average molecular weight is 302 g/mol. The highest BCUT2D eigenvalue weighted by Gasteiger charge is 2.08. The van der Waals surface area contributed by atoms with Crippen LogP contribution in [0, 0.1) is 6.92 Å². The van der Waals surface area contributed by atoms with Crippen molar-refractivity contribution in [1.82, 2.24) is 5.32 Å². The summed E-state index contributed by atoms with van der Waals surface area (Å²) in [6.07, 6.45) is 1.18. The van der Waals surface area contributed by atoms with E-state index in [0.29, 0.717) is 0 Å². The molecule has 1 N–H and O–H groups in total. The van der Waals surface area contributed by atoms with E-state index in [9.17, 15) is 0 Å². The Morgan fingerprint density at radius 1 is 1.19 bits per heavy atom. The van der Waals surface area contributed by atoms with Crippen LogP contribution >= 0.6 is 11.3 Å². The molecule has 1 aromatic carbocycles. The number of hydrogen-bond donors (Lipinski definition) is 1. The quantitative estimate of drug-likeness (QED) is 0.718. The second-order valence-electron chi connectivity index (χ2n) is 5.38. The number of nitrogens with zero attached hydrogens (tertiary/aromatic N) is 1. The van der Waals surface area contributed by atoms with Gasteiger partial charge in [-0.2, -0.15) is 0 Å². The molecule has 0 fully saturated rings. The summed E-state index contributed by atoms with van der Waals surface area (Å²) < 4.78 is 0. The molecule has 3 heteroatoms. The Morgan fingerprint density at radius 3 is 2.67 bits per heavy atom. The van der Waals surface area contributed by atoms with Gasteiger partial charge in [-0.05, 0) is 61.5 Å². The molecule has 0 aliphatic carbocycles. The van der Waals surface area contributed by atoms with Gasteiger partial charge in [0.05, 0.1) is 6.54 Å². The zero-order valence-corrected chi connectivity index (χ0v) is 14.2. The van der Waals surface area contributed by atoms with Gasteiger partial charge in [0.25, 0.3) is 0 Å². The van der Waals surface area contributed by atoms with E-state index in [-0.39, 0.29) is 0 Å². The molecule has 0 spiro atoms. The first-order valence-corrected chi connectivity index (χ1v) is 8.70. The highest BCUT2D eigenvalue weighted by molar-refractivity contribution is 7.09. The topological polar surface area (TPSA) is 15.3 Å². The van der Waals surface area contributed by atoms with Gasteiger partial charge in [0.15, 0.2) is 0 Å². The van der Waals surface area contributed by atoms with Crippen LogP contribution in [0.4, 0.5) is 5.69 Å². The summed E-state index contributed by atoms with van der Waals surface area (Å²) in [6, 6.07) is 11.2. The Balaban J connectivity index is 2.06. The lowest BCUT2D eigenvalue weighted by Gasteiger charge is -2.23. The van der Waals surface area contributed by atoms with Gasteiger partial charge in [0, 0.05) is 23.7 Å². The lowest BCUT2D eigenvalue weighted by Crippen LogP contribution is -2.22. The van der Waals surface area contributed by atoms with Gasteiger partial charge in [-0.15, -0.1) is 11.3 Å². The van der Waals surface area contributed by atoms with E-state index in [1.165, 1.54) is 28.1 Å². The third-order valence-corrected chi connectivity index (χ3v) is 4.60. The Bertz CT molecular complexity index is 534. The van der Waals surface area contributed by atoms with Crippen LogP contribution in [-0.4, -0.2) is 13.1 Å². The van der Waals surface area contributed by atoms with Gasteiger partial charge in [0.1, 0.15) is 0 Å². The minimum Gasteiger partial charge on any atom is -0.367 e. The molecule has 0 atom stereocenters. The molecule has 2 rings (SSSR count).